The van der Waals surface area contributed by atoms with Gasteiger partial charge in [0.25, 0.3) is 0 Å². The summed E-state index contributed by atoms with van der Waals surface area (Å²) in [7, 11) is 0. The van der Waals surface area contributed by atoms with Crippen molar-refractivity contribution in [2.75, 3.05) is 0 Å². The molecule has 0 unspecified atom stereocenters. The molecule has 0 amide bonds. The van der Waals surface area contributed by atoms with E-state index >= 15 is 0 Å². The molecule has 0 aromatic carbocycles. The van der Waals surface area contributed by atoms with Gasteiger partial charge in [0, 0.05) is 30.4 Å². The van der Waals surface area contributed by atoms with E-state index in [0.29, 0.717) is 0 Å². The first-order valence-electron chi connectivity index (χ1n) is 2.01. The van der Waals surface area contributed by atoms with Crippen molar-refractivity contribution in [2.45, 2.75) is 0 Å². The Hall–Kier alpha value is 0.843. The summed E-state index contributed by atoms with van der Waals surface area (Å²) in [6.07, 6.45) is 7.62. The second kappa shape index (κ2) is 6.96. The molecular formula is C6H4Br2Zn-. The summed E-state index contributed by atoms with van der Waals surface area (Å²) in [4.78, 5) is 0. The van der Waals surface area contributed by atoms with Crippen LogP contribution in [0.25, 0.3) is 0 Å². The topological polar surface area (TPSA) is 0 Å². The van der Waals surface area contributed by atoms with Gasteiger partial charge >= 0.3 is 0 Å². The summed E-state index contributed by atoms with van der Waals surface area (Å²) in [6, 6.07) is 0. The van der Waals surface area contributed by atoms with Crippen molar-refractivity contribution < 1.29 is 36.5 Å². The molecule has 0 aromatic heterocycles. The Morgan fingerprint density at radius 1 is 1.33 bits per heavy atom. The summed E-state index contributed by atoms with van der Waals surface area (Å²) in [5.41, 5.74) is 2.90. The fraction of sp³-hybridized carbons (Fsp3) is 0. The maximum Gasteiger partial charge on any atom is 0.0275 e. The quantitative estimate of drug-likeness (QED) is 0.406. The summed E-state index contributed by atoms with van der Waals surface area (Å²) in [5, 5.41) is 0. The molecule has 45 valence electrons. The summed E-state index contributed by atoms with van der Waals surface area (Å²) in [5.74, 6) is 0. The Bertz CT molecular complexity index is 154. The van der Waals surface area contributed by atoms with Gasteiger partial charge in [0.2, 0.25) is 0 Å². The summed E-state index contributed by atoms with van der Waals surface area (Å²) in [6.45, 7) is 0. The van der Waals surface area contributed by atoms with Crippen LogP contribution in [0.4, 0.5) is 0 Å². The van der Waals surface area contributed by atoms with Crippen LogP contribution in [0.5, 0.6) is 0 Å². The number of allylic oxidation sites excluding steroid dienone is 3. The zero-order chi connectivity index (χ0) is 5.11. The van der Waals surface area contributed by atoms with Gasteiger partial charge in [0.15, 0.2) is 0 Å². The maximum absolute atomic E-state index is 3.29. The molecule has 0 aromatic rings. The Balaban J connectivity index is 0. The van der Waals surface area contributed by atoms with E-state index in [2.05, 4.69) is 21.7 Å². The number of hydrogen-bond donors (Lipinski definition) is 0. The fourth-order valence-corrected chi connectivity index (χ4v) is 0.631. The van der Waals surface area contributed by atoms with Gasteiger partial charge in [-0.1, -0.05) is 15.9 Å². The molecule has 1 radical (unpaired) electrons. The molecule has 0 saturated carbocycles. The number of hydrogen-bond acceptors (Lipinski definition) is 0. The fourth-order valence-electron chi connectivity index (χ4n) is 0.367. The molecule has 0 spiro atoms. The third-order valence-corrected chi connectivity index (χ3v) is 1.21. The van der Waals surface area contributed by atoms with Gasteiger partial charge in [0.1, 0.15) is 0 Å². The largest absolute Gasteiger partial charge is 1.00 e. The minimum Gasteiger partial charge on any atom is -1.00 e. The molecule has 0 bridgehead atoms. The molecule has 9 heavy (non-hydrogen) atoms. The molecular weight excluding hydrogens is 297 g/mol. The van der Waals surface area contributed by atoms with E-state index in [9.17, 15) is 0 Å². The first-order valence-corrected chi connectivity index (χ1v) is 2.80. The molecule has 1 aliphatic carbocycles. The standard InChI is InChI=1S/C6H4Br.BrH.Zn/c7-6-4-2-1-3-5-6;;/h2-5H;1H;/p-1. The van der Waals surface area contributed by atoms with Gasteiger partial charge < -0.3 is 17.0 Å². The van der Waals surface area contributed by atoms with Crippen LogP contribution in [0.15, 0.2) is 28.4 Å². The number of halogens is 2. The van der Waals surface area contributed by atoms with Crippen molar-refractivity contribution in [3.05, 3.63) is 34.9 Å². The van der Waals surface area contributed by atoms with E-state index in [1.807, 2.05) is 24.6 Å². The van der Waals surface area contributed by atoms with Crippen LogP contribution in [0.2, 0.25) is 0 Å². The first kappa shape index (κ1) is 12.5. The molecule has 0 saturated heterocycles. The predicted molar refractivity (Wildman–Crippen MR) is 34.0 cm³/mol. The minimum atomic E-state index is 0. The Morgan fingerprint density at radius 3 is 2.22 bits per heavy atom. The van der Waals surface area contributed by atoms with Gasteiger partial charge in [-0.3, -0.25) is 0 Å². The molecule has 0 heterocycles. The zero-order valence-corrected chi connectivity index (χ0v) is 10.9. The molecule has 0 nitrogen and oxygen atoms in total. The van der Waals surface area contributed by atoms with Crippen molar-refractivity contribution in [3.63, 3.8) is 0 Å². The smallest absolute Gasteiger partial charge is 0.0275 e. The molecule has 1 rings (SSSR count). The van der Waals surface area contributed by atoms with Crippen LogP contribution in [-0.2, 0) is 19.5 Å². The predicted octanol–water partition coefficient (Wildman–Crippen LogP) is -0.804. The van der Waals surface area contributed by atoms with Crippen LogP contribution < -0.4 is 17.0 Å². The third kappa shape index (κ3) is 5.30. The Labute approximate surface area is 86.8 Å². The first-order chi connectivity index (χ1) is 3.39. The average Bonchev–Trinajstić information content (AvgIpc) is 1.69. The minimum absolute atomic E-state index is 0. The van der Waals surface area contributed by atoms with E-state index in [-0.39, 0.29) is 36.5 Å². The summed E-state index contributed by atoms with van der Waals surface area (Å²) < 4.78 is 1.10. The molecule has 0 aliphatic heterocycles. The van der Waals surface area contributed by atoms with E-state index in [1.54, 1.807) is 0 Å². The van der Waals surface area contributed by atoms with Gasteiger partial charge in [-0.15, -0.1) is 5.73 Å². The van der Waals surface area contributed by atoms with E-state index in [0.717, 1.165) is 4.48 Å². The molecule has 0 atom stereocenters. The second-order valence-corrected chi connectivity index (χ2v) is 2.13. The monoisotopic (exact) mass is 298 g/mol. The maximum atomic E-state index is 3.29. The van der Waals surface area contributed by atoms with Crippen LogP contribution in [0.3, 0.4) is 0 Å². The van der Waals surface area contributed by atoms with Crippen LogP contribution in [0, 0.1) is 6.42 Å². The normalized spacial score (nSPS) is 13.2. The molecule has 3 heteroatoms. The Morgan fingerprint density at radius 2 is 2.00 bits per heavy atom. The SMILES string of the molecule is BrC1=CC=C=C[CH]1.[Br-].[Zn]. The Kier molecular flexibility index (Phi) is 9.67. The zero-order valence-electron chi connectivity index (χ0n) is 4.77. The van der Waals surface area contributed by atoms with Crippen molar-refractivity contribution in [2.24, 2.45) is 0 Å². The van der Waals surface area contributed by atoms with Gasteiger partial charge in [-0.05, 0) is 18.2 Å². The molecule has 0 fully saturated rings. The second-order valence-electron chi connectivity index (χ2n) is 1.22. The number of rotatable bonds is 0. The van der Waals surface area contributed by atoms with Gasteiger partial charge in [-0.25, -0.2) is 0 Å². The molecule has 0 N–H and O–H groups in total. The van der Waals surface area contributed by atoms with E-state index in [1.165, 1.54) is 0 Å². The van der Waals surface area contributed by atoms with Crippen LogP contribution in [-0.4, -0.2) is 0 Å². The van der Waals surface area contributed by atoms with Crippen LogP contribution >= 0.6 is 15.9 Å². The third-order valence-electron chi connectivity index (χ3n) is 0.678. The van der Waals surface area contributed by atoms with Gasteiger partial charge in [0.05, 0.1) is 0 Å². The van der Waals surface area contributed by atoms with E-state index < -0.39 is 0 Å². The van der Waals surface area contributed by atoms with Crippen molar-refractivity contribution >= 4 is 15.9 Å². The van der Waals surface area contributed by atoms with Gasteiger partial charge in [-0.2, -0.15) is 0 Å². The average molecular weight is 301 g/mol. The van der Waals surface area contributed by atoms with E-state index in [4.69, 9.17) is 0 Å². The van der Waals surface area contributed by atoms with Crippen molar-refractivity contribution in [1.82, 2.24) is 0 Å². The summed E-state index contributed by atoms with van der Waals surface area (Å²) >= 11 is 3.29. The van der Waals surface area contributed by atoms with Crippen LogP contribution in [0.1, 0.15) is 0 Å². The van der Waals surface area contributed by atoms with Crippen molar-refractivity contribution in [1.29, 1.82) is 0 Å². The van der Waals surface area contributed by atoms with Crippen molar-refractivity contribution in [3.8, 4) is 0 Å². The molecule has 1 aliphatic rings.